The molecule has 0 aliphatic rings. The molecule has 0 N–H and O–H groups in total. The zero-order valence-corrected chi connectivity index (χ0v) is 14.7. The SMILES string of the molecule is CCC(CC)C(c1ccccc1)(c1ccccc1)c1ccccc1. The van der Waals surface area contributed by atoms with Crippen molar-refractivity contribution in [2.45, 2.75) is 32.1 Å². The molecule has 0 saturated heterocycles. The lowest BCUT2D eigenvalue weighted by Gasteiger charge is -2.42. The maximum Gasteiger partial charge on any atom is 0.0479 e. The molecule has 0 bridgehead atoms. The highest BCUT2D eigenvalue weighted by Crippen LogP contribution is 2.47. The number of rotatable bonds is 6. The summed E-state index contributed by atoms with van der Waals surface area (Å²) in [6.07, 6.45) is 2.30. The van der Waals surface area contributed by atoms with Crippen molar-refractivity contribution in [3.63, 3.8) is 0 Å². The number of benzene rings is 3. The van der Waals surface area contributed by atoms with Crippen molar-refractivity contribution >= 4 is 0 Å². The van der Waals surface area contributed by atoms with E-state index in [4.69, 9.17) is 0 Å². The van der Waals surface area contributed by atoms with Gasteiger partial charge in [-0.15, -0.1) is 0 Å². The summed E-state index contributed by atoms with van der Waals surface area (Å²) in [7, 11) is 0. The summed E-state index contributed by atoms with van der Waals surface area (Å²) in [6, 6.07) is 33.1. The van der Waals surface area contributed by atoms with Crippen LogP contribution in [0.4, 0.5) is 0 Å². The fourth-order valence-corrected chi connectivity index (χ4v) is 4.21. The first kappa shape index (κ1) is 16.5. The van der Waals surface area contributed by atoms with E-state index in [1.807, 2.05) is 0 Å². The fourth-order valence-electron chi connectivity index (χ4n) is 4.21. The minimum absolute atomic E-state index is 0.104. The van der Waals surface area contributed by atoms with E-state index in [0.717, 1.165) is 12.8 Å². The molecule has 3 aromatic carbocycles. The van der Waals surface area contributed by atoms with Gasteiger partial charge >= 0.3 is 0 Å². The van der Waals surface area contributed by atoms with Gasteiger partial charge in [0.2, 0.25) is 0 Å². The van der Waals surface area contributed by atoms with Crippen LogP contribution >= 0.6 is 0 Å². The molecule has 0 amide bonds. The Balaban J connectivity index is 2.37. The third-order valence-electron chi connectivity index (χ3n) is 5.29. The lowest BCUT2D eigenvalue weighted by molar-refractivity contribution is 0.349. The summed E-state index contributed by atoms with van der Waals surface area (Å²) in [5.74, 6) is 0.546. The van der Waals surface area contributed by atoms with Gasteiger partial charge in [0.1, 0.15) is 0 Å². The Morgan fingerprint density at radius 1 is 0.542 bits per heavy atom. The van der Waals surface area contributed by atoms with E-state index in [9.17, 15) is 0 Å². The molecule has 3 rings (SSSR count). The molecule has 0 saturated carbocycles. The van der Waals surface area contributed by atoms with Crippen molar-refractivity contribution in [3.05, 3.63) is 108 Å². The van der Waals surface area contributed by atoms with Crippen LogP contribution in [0.2, 0.25) is 0 Å². The van der Waals surface area contributed by atoms with Crippen LogP contribution in [0.1, 0.15) is 43.4 Å². The Morgan fingerprint density at radius 3 is 1.08 bits per heavy atom. The summed E-state index contributed by atoms with van der Waals surface area (Å²) in [5.41, 5.74) is 4.05. The minimum Gasteiger partial charge on any atom is -0.0651 e. The monoisotopic (exact) mass is 314 g/mol. The van der Waals surface area contributed by atoms with Gasteiger partial charge < -0.3 is 0 Å². The molecular weight excluding hydrogens is 288 g/mol. The second-order valence-corrected chi connectivity index (χ2v) is 6.42. The molecule has 0 aromatic heterocycles. The Hall–Kier alpha value is -2.34. The van der Waals surface area contributed by atoms with Crippen LogP contribution in [-0.4, -0.2) is 0 Å². The van der Waals surface area contributed by atoms with Crippen LogP contribution in [-0.2, 0) is 5.41 Å². The molecule has 0 nitrogen and oxygen atoms in total. The van der Waals surface area contributed by atoms with Gasteiger partial charge in [-0.2, -0.15) is 0 Å². The molecule has 0 atom stereocenters. The molecule has 0 fully saturated rings. The van der Waals surface area contributed by atoms with E-state index in [1.54, 1.807) is 0 Å². The second-order valence-electron chi connectivity index (χ2n) is 6.42. The van der Waals surface area contributed by atoms with Crippen molar-refractivity contribution in [1.82, 2.24) is 0 Å². The highest BCUT2D eigenvalue weighted by atomic mass is 14.4. The van der Waals surface area contributed by atoms with Crippen LogP contribution in [0, 0.1) is 5.92 Å². The molecule has 0 aliphatic heterocycles. The van der Waals surface area contributed by atoms with Crippen LogP contribution in [0.15, 0.2) is 91.0 Å². The first-order chi connectivity index (χ1) is 11.8. The lowest BCUT2D eigenvalue weighted by atomic mass is 9.60. The second kappa shape index (κ2) is 7.49. The molecular formula is C24H26. The van der Waals surface area contributed by atoms with Gasteiger partial charge in [0, 0.05) is 5.41 Å². The van der Waals surface area contributed by atoms with Gasteiger partial charge in [-0.3, -0.25) is 0 Å². The molecule has 0 spiro atoms. The van der Waals surface area contributed by atoms with Gasteiger partial charge in [0.15, 0.2) is 0 Å². The lowest BCUT2D eigenvalue weighted by Crippen LogP contribution is -2.37. The van der Waals surface area contributed by atoms with Gasteiger partial charge in [-0.1, -0.05) is 118 Å². The summed E-state index contributed by atoms with van der Waals surface area (Å²) in [4.78, 5) is 0. The van der Waals surface area contributed by atoms with Crippen LogP contribution in [0.3, 0.4) is 0 Å². The summed E-state index contributed by atoms with van der Waals surface area (Å²) < 4.78 is 0. The van der Waals surface area contributed by atoms with Crippen molar-refractivity contribution in [2.75, 3.05) is 0 Å². The fraction of sp³-hybridized carbons (Fsp3) is 0.250. The first-order valence-electron chi connectivity index (χ1n) is 9.00. The molecule has 0 unspecified atom stereocenters. The molecule has 122 valence electrons. The highest BCUT2D eigenvalue weighted by molar-refractivity contribution is 5.51. The maximum absolute atomic E-state index is 2.32. The largest absolute Gasteiger partial charge is 0.0651 e. The predicted molar refractivity (Wildman–Crippen MR) is 103 cm³/mol. The van der Waals surface area contributed by atoms with Gasteiger partial charge in [0.25, 0.3) is 0 Å². The van der Waals surface area contributed by atoms with Crippen LogP contribution < -0.4 is 0 Å². The number of hydrogen-bond donors (Lipinski definition) is 0. The minimum atomic E-state index is -0.104. The normalized spacial score (nSPS) is 11.6. The topological polar surface area (TPSA) is 0 Å². The van der Waals surface area contributed by atoms with Crippen molar-refractivity contribution in [1.29, 1.82) is 0 Å². The Kier molecular flexibility index (Phi) is 5.15. The van der Waals surface area contributed by atoms with Crippen LogP contribution in [0.5, 0.6) is 0 Å². The average molecular weight is 314 g/mol. The summed E-state index contributed by atoms with van der Waals surface area (Å²) in [6.45, 7) is 4.63. The van der Waals surface area contributed by atoms with E-state index in [-0.39, 0.29) is 5.41 Å². The van der Waals surface area contributed by atoms with Crippen molar-refractivity contribution in [2.24, 2.45) is 5.92 Å². The van der Waals surface area contributed by atoms with Crippen molar-refractivity contribution < 1.29 is 0 Å². The summed E-state index contributed by atoms with van der Waals surface area (Å²) >= 11 is 0. The van der Waals surface area contributed by atoms with E-state index in [2.05, 4.69) is 105 Å². The third kappa shape index (κ3) is 2.78. The zero-order chi connectivity index (χ0) is 16.8. The van der Waals surface area contributed by atoms with E-state index in [0.29, 0.717) is 5.92 Å². The smallest absolute Gasteiger partial charge is 0.0479 e. The molecule has 24 heavy (non-hydrogen) atoms. The Labute approximate surface area is 146 Å². The quantitative estimate of drug-likeness (QED) is 0.458. The van der Waals surface area contributed by atoms with Gasteiger partial charge in [-0.05, 0) is 22.6 Å². The molecule has 0 heteroatoms. The maximum atomic E-state index is 2.32. The predicted octanol–water partition coefficient (Wildman–Crippen LogP) is 6.46. The highest BCUT2D eigenvalue weighted by Gasteiger charge is 2.41. The molecule has 3 aromatic rings. The van der Waals surface area contributed by atoms with E-state index < -0.39 is 0 Å². The van der Waals surface area contributed by atoms with Crippen molar-refractivity contribution in [3.8, 4) is 0 Å². The Morgan fingerprint density at radius 2 is 0.833 bits per heavy atom. The van der Waals surface area contributed by atoms with Crippen LogP contribution in [0.25, 0.3) is 0 Å². The Bertz CT molecular complexity index is 628. The average Bonchev–Trinajstić information content (AvgIpc) is 2.68. The van der Waals surface area contributed by atoms with E-state index >= 15 is 0 Å². The molecule has 0 radical (unpaired) electrons. The van der Waals surface area contributed by atoms with Gasteiger partial charge in [0.05, 0.1) is 0 Å². The van der Waals surface area contributed by atoms with E-state index in [1.165, 1.54) is 16.7 Å². The number of hydrogen-bond acceptors (Lipinski definition) is 0. The van der Waals surface area contributed by atoms with Gasteiger partial charge in [-0.25, -0.2) is 0 Å². The first-order valence-corrected chi connectivity index (χ1v) is 9.00. The third-order valence-corrected chi connectivity index (χ3v) is 5.29. The standard InChI is InChI=1S/C24H26/c1-3-20(4-2)24(21-14-8-5-9-15-21,22-16-10-6-11-17-22)23-18-12-7-13-19-23/h5-20H,3-4H2,1-2H3. The molecule has 0 aliphatic carbocycles. The zero-order valence-electron chi connectivity index (χ0n) is 14.7. The summed E-state index contributed by atoms with van der Waals surface area (Å²) in [5, 5.41) is 0. The molecule has 0 heterocycles.